The lowest BCUT2D eigenvalue weighted by molar-refractivity contribution is -0.117. The van der Waals surface area contributed by atoms with E-state index in [0.717, 1.165) is 12.0 Å². The third-order valence-corrected chi connectivity index (χ3v) is 4.34. The number of amides is 2. The molecule has 3 rings (SSSR count). The van der Waals surface area contributed by atoms with Crippen LogP contribution in [0.2, 0.25) is 0 Å². The average Bonchev–Trinajstić information content (AvgIpc) is 3.32. The first-order chi connectivity index (χ1) is 11.5. The maximum atomic E-state index is 12.6. The number of nitrogens with one attached hydrogen (secondary N) is 1. The van der Waals surface area contributed by atoms with Crippen LogP contribution in [0.25, 0.3) is 0 Å². The van der Waals surface area contributed by atoms with Crippen LogP contribution >= 0.6 is 0 Å². The largest absolute Gasteiger partial charge is 0.337 e. The quantitative estimate of drug-likeness (QED) is 0.920. The number of anilines is 1. The highest BCUT2D eigenvalue weighted by Crippen LogP contribution is 2.38. The van der Waals surface area contributed by atoms with Gasteiger partial charge in [-0.3, -0.25) is 14.6 Å². The number of nitrogens with zero attached hydrogens (tertiary/aromatic N) is 2. The molecular weight excluding hydrogens is 302 g/mol. The standard InChI is InChI=1S/C19H21N3O2/c1-13-10-17(13)18(23)21-16-5-3-4-15(11-16)19(24)22(2)12-14-6-8-20-9-7-14/h3-9,11,13,17H,10,12H2,1-2H3,(H,21,23). The van der Waals surface area contributed by atoms with E-state index in [2.05, 4.69) is 17.2 Å². The number of carbonyl (C=O) groups excluding carboxylic acids is 2. The summed E-state index contributed by atoms with van der Waals surface area (Å²) in [7, 11) is 1.76. The Balaban J connectivity index is 1.66. The van der Waals surface area contributed by atoms with Gasteiger partial charge in [0.2, 0.25) is 5.91 Å². The van der Waals surface area contributed by atoms with Gasteiger partial charge in [-0.25, -0.2) is 0 Å². The molecule has 0 radical (unpaired) electrons. The number of hydrogen-bond acceptors (Lipinski definition) is 3. The molecule has 1 fully saturated rings. The monoisotopic (exact) mass is 323 g/mol. The Morgan fingerprint density at radius 1 is 1.25 bits per heavy atom. The molecule has 1 aromatic heterocycles. The fraction of sp³-hybridized carbons (Fsp3) is 0.316. The van der Waals surface area contributed by atoms with Gasteiger partial charge >= 0.3 is 0 Å². The molecule has 0 aliphatic heterocycles. The van der Waals surface area contributed by atoms with Gasteiger partial charge in [-0.1, -0.05) is 13.0 Å². The van der Waals surface area contributed by atoms with E-state index >= 15 is 0 Å². The topological polar surface area (TPSA) is 62.3 Å². The maximum Gasteiger partial charge on any atom is 0.253 e. The molecule has 1 N–H and O–H groups in total. The first-order valence-electron chi connectivity index (χ1n) is 8.10. The van der Waals surface area contributed by atoms with E-state index in [1.165, 1.54) is 0 Å². The van der Waals surface area contributed by atoms with Crippen molar-refractivity contribution in [3.05, 3.63) is 59.9 Å². The van der Waals surface area contributed by atoms with Crippen LogP contribution in [0, 0.1) is 11.8 Å². The number of rotatable bonds is 5. The number of pyridine rings is 1. The summed E-state index contributed by atoms with van der Waals surface area (Å²) in [6.45, 7) is 2.58. The fourth-order valence-corrected chi connectivity index (χ4v) is 2.71. The minimum absolute atomic E-state index is 0.0391. The van der Waals surface area contributed by atoms with Crippen molar-refractivity contribution in [3.8, 4) is 0 Å². The van der Waals surface area contributed by atoms with Gasteiger partial charge in [0.15, 0.2) is 0 Å². The van der Waals surface area contributed by atoms with Crippen LogP contribution in [0.3, 0.4) is 0 Å². The number of benzene rings is 1. The molecule has 1 aliphatic carbocycles. The Bertz CT molecular complexity index is 745. The molecule has 1 heterocycles. The highest BCUT2D eigenvalue weighted by molar-refractivity contribution is 5.98. The van der Waals surface area contributed by atoms with Crippen molar-refractivity contribution in [1.29, 1.82) is 0 Å². The number of aromatic nitrogens is 1. The van der Waals surface area contributed by atoms with E-state index in [9.17, 15) is 9.59 Å². The van der Waals surface area contributed by atoms with Crippen LogP contribution in [0.1, 0.15) is 29.3 Å². The van der Waals surface area contributed by atoms with Crippen LogP contribution in [-0.4, -0.2) is 28.7 Å². The normalized spacial score (nSPS) is 18.8. The van der Waals surface area contributed by atoms with Crippen LogP contribution in [-0.2, 0) is 11.3 Å². The van der Waals surface area contributed by atoms with E-state index in [1.54, 1.807) is 42.5 Å². The van der Waals surface area contributed by atoms with Gasteiger partial charge in [-0.15, -0.1) is 0 Å². The van der Waals surface area contributed by atoms with Gasteiger partial charge in [0.25, 0.3) is 5.91 Å². The molecule has 124 valence electrons. The predicted octanol–water partition coefficient (Wildman–Crippen LogP) is 2.95. The van der Waals surface area contributed by atoms with Gasteiger partial charge < -0.3 is 10.2 Å². The van der Waals surface area contributed by atoms with Crippen molar-refractivity contribution in [2.45, 2.75) is 19.9 Å². The Hall–Kier alpha value is -2.69. The van der Waals surface area contributed by atoms with E-state index in [-0.39, 0.29) is 17.7 Å². The van der Waals surface area contributed by atoms with Gasteiger partial charge in [0, 0.05) is 43.2 Å². The zero-order valence-electron chi connectivity index (χ0n) is 13.9. The fourth-order valence-electron chi connectivity index (χ4n) is 2.71. The molecule has 5 nitrogen and oxygen atoms in total. The van der Waals surface area contributed by atoms with Gasteiger partial charge in [0.1, 0.15) is 0 Å². The Labute approximate surface area is 141 Å². The summed E-state index contributed by atoms with van der Waals surface area (Å²) in [5, 5.41) is 2.90. The lowest BCUT2D eigenvalue weighted by atomic mass is 10.1. The Kier molecular flexibility index (Phi) is 4.60. The van der Waals surface area contributed by atoms with Gasteiger partial charge in [0.05, 0.1) is 0 Å². The summed E-state index contributed by atoms with van der Waals surface area (Å²) in [4.78, 5) is 30.2. The minimum Gasteiger partial charge on any atom is -0.337 e. The van der Waals surface area contributed by atoms with E-state index < -0.39 is 0 Å². The van der Waals surface area contributed by atoms with Crippen LogP contribution in [0.4, 0.5) is 5.69 Å². The third-order valence-electron chi connectivity index (χ3n) is 4.34. The number of hydrogen-bond donors (Lipinski definition) is 1. The maximum absolute atomic E-state index is 12.6. The third kappa shape index (κ3) is 3.79. The molecule has 5 heteroatoms. The van der Waals surface area contributed by atoms with Crippen molar-refractivity contribution >= 4 is 17.5 Å². The van der Waals surface area contributed by atoms with E-state index in [4.69, 9.17) is 0 Å². The first-order valence-corrected chi connectivity index (χ1v) is 8.10. The Morgan fingerprint density at radius 2 is 1.96 bits per heavy atom. The highest BCUT2D eigenvalue weighted by Gasteiger charge is 2.39. The zero-order chi connectivity index (χ0) is 17.1. The van der Waals surface area contributed by atoms with Crippen molar-refractivity contribution < 1.29 is 9.59 Å². The molecule has 24 heavy (non-hydrogen) atoms. The molecular formula is C19H21N3O2. The Morgan fingerprint density at radius 3 is 2.62 bits per heavy atom. The van der Waals surface area contributed by atoms with Crippen molar-refractivity contribution in [2.24, 2.45) is 11.8 Å². The summed E-state index contributed by atoms with van der Waals surface area (Å²) < 4.78 is 0. The minimum atomic E-state index is -0.0808. The van der Waals surface area contributed by atoms with Crippen molar-refractivity contribution in [2.75, 3.05) is 12.4 Å². The van der Waals surface area contributed by atoms with E-state index in [0.29, 0.717) is 23.7 Å². The van der Waals surface area contributed by atoms with Crippen LogP contribution < -0.4 is 5.32 Å². The van der Waals surface area contributed by atoms with Gasteiger partial charge in [-0.2, -0.15) is 0 Å². The summed E-state index contributed by atoms with van der Waals surface area (Å²) in [6.07, 6.45) is 4.37. The second-order valence-electron chi connectivity index (χ2n) is 6.41. The highest BCUT2D eigenvalue weighted by atomic mass is 16.2. The number of carbonyl (C=O) groups is 2. The zero-order valence-corrected chi connectivity index (χ0v) is 13.9. The molecule has 2 atom stereocenters. The second-order valence-corrected chi connectivity index (χ2v) is 6.41. The van der Waals surface area contributed by atoms with Crippen molar-refractivity contribution in [3.63, 3.8) is 0 Å². The summed E-state index contributed by atoms with van der Waals surface area (Å²) in [6, 6.07) is 10.9. The smallest absolute Gasteiger partial charge is 0.253 e. The SMILES string of the molecule is CC1CC1C(=O)Nc1cccc(C(=O)N(C)Cc2ccncc2)c1. The van der Waals surface area contributed by atoms with Crippen LogP contribution in [0.15, 0.2) is 48.8 Å². The molecule has 2 amide bonds. The second kappa shape index (κ2) is 6.83. The first kappa shape index (κ1) is 16.2. The lowest BCUT2D eigenvalue weighted by Gasteiger charge is -2.17. The van der Waals surface area contributed by atoms with E-state index in [1.807, 2.05) is 18.2 Å². The predicted molar refractivity (Wildman–Crippen MR) is 92.4 cm³/mol. The summed E-state index contributed by atoms with van der Waals surface area (Å²) >= 11 is 0. The molecule has 0 bridgehead atoms. The molecule has 0 spiro atoms. The molecule has 2 unspecified atom stereocenters. The molecule has 1 aromatic carbocycles. The molecule has 1 saturated carbocycles. The van der Waals surface area contributed by atoms with Crippen molar-refractivity contribution in [1.82, 2.24) is 9.88 Å². The molecule has 1 aliphatic rings. The van der Waals surface area contributed by atoms with Gasteiger partial charge in [-0.05, 0) is 48.2 Å². The lowest BCUT2D eigenvalue weighted by Crippen LogP contribution is -2.26. The summed E-state index contributed by atoms with van der Waals surface area (Å²) in [5.74, 6) is 0.528. The molecule has 2 aromatic rings. The van der Waals surface area contributed by atoms with Crippen LogP contribution in [0.5, 0.6) is 0 Å². The average molecular weight is 323 g/mol. The molecule has 0 saturated heterocycles. The summed E-state index contributed by atoms with van der Waals surface area (Å²) in [5.41, 5.74) is 2.25.